The van der Waals surface area contributed by atoms with Crippen LogP contribution in [0, 0.1) is 11.7 Å². The molecule has 0 heterocycles. The Bertz CT molecular complexity index is 354. The van der Waals surface area contributed by atoms with Crippen LogP contribution >= 0.6 is 0 Å². The molecule has 1 aromatic rings. The van der Waals surface area contributed by atoms with Crippen molar-refractivity contribution in [2.45, 2.75) is 40.2 Å². The monoisotopic (exact) mass is 253 g/mol. The van der Waals surface area contributed by atoms with Gasteiger partial charge in [-0.2, -0.15) is 0 Å². The number of halogens is 1. The predicted octanol–water partition coefficient (Wildman–Crippen LogP) is 3.75. The molecular formula is C15H24FNO. The molecule has 18 heavy (non-hydrogen) atoms. The molecule has 1 atom stereocenters. The van der Waals surface area contributed by atoms with Crippen LogP contribution in [0.1, 0.15) is 39.2 Å². The molecule has 3 heteroatoms. The number of para-hydroxylation sites is 1. The number of rotatable bonds is 8. The summed E-state index contributed by atoms with van der Waals surface area (Å²) in [5.41, 5.74) is 0.895. The van der Waals surface area contributed by atoms with E-state index in [9.17, 15) is 4.39 Å². The molecule has 1 N–H and O–H groups in total. The maximum Gasteiger partial charge on any atom is 0.165 e. The maximum atomic E-state index is 13.8. The van der Waals surface area contributed by atoms with Crippen LogP contribution in [0.3, 0.4) is 0 Å². The van der Waals surface area contributed by atoms with Crippen LogP contribution in [-0.2, 0) is 6.54 Å². The van der Waals surface area contributed by atoms with Crippen molar-refractivity contribution < 1.29 is 9.13 Å². The van der Waals surface area contributed by atoms with Gasteiger partial charge in [-0.15, -0.1) is 0 Å². The molecule has 0 aromatic heterocycles. The van der Waals surface area contributed by atoms with Crippen molar-refractivity contribution in [2.75, 3.05) is 13.2 Å². The van der Waals surface area contributed by atoms with Crippen LogP contribution < -0.4 is 10.1 Å². The van der Waals surface area contributed by atoms with Crippen LogP contribution in [0.5, 0.6) is 5.75 Å². The van der Waals surface area contributed by atoms with E-state index in [1.165, 1.54) is 6.07 Å². The number of hydrogen-bond donors (Lipinski definition) is 1. The average Bonchev–Trinajstić information content (AvgIpc) is 2.38. The van der Waals surface area contributed by atoms with Gasteiger partial charge in [0, 0.05) is 12.1 Å². The Balaban J connectivity index is 2.67. The van der Waals surface area contributed by atoms with Crippen molar-refractivity contribution in [2.24, 2.45) is 5.92 Å². The second-order valence-corrected chi connectivity index (χ2v) is 4.73. The molecule has 102 valence electrons. The third-order valence-electron chi connectivity index (χ3n) is 3.00. The van der Waals surface area contributed by atoms with E-state index < -0.39 is 0 Å². The first-order chi connectivity index (χ1) is 8.69. The second-order valence-electron chi connectivity index (χ2n) is 4.73. The number of ether oxygens (including phenoxy) is 1. The largest absolute Gasteiger partial charge is 0.490 e. The fourth-order valence-corrected chi connectivity index (χ4v) is 1.60. The van der Waals surface area contributed by atoms with Crippen LogP contribution in [-0.4, -0.2) is 13.2 Å². The zero-order valence-electron chi connectivity index (χ0n) is 11.6. The fraction of sp³-hybridized carbons (Fsp3) is 0.600. The molecule has 1 rings (SSSR count). The molecule has 0 spiro atoms. The molecule has 0 aliphatic rings. The summed E-state index contributed by atoms with van der Waals surface area (Å²) in [6, 6.07) is 5.10. The van der Waals surface area contributed by atoms with Gasteiger partial charge >= 0.3 is 0 Å². The Morgan fingerprint density at radius 3 is 2.78 bits per heavy atom. The van der Waals surface area contributed by atoms with Crippen molar-refractivity contribution in [1.82, 2.24) is 5.32 Å². The molecule has 0 aliphatic carbocycles. The van der Waals surface area contributed by atoms with E-state index in [1.807, 2.05) is 6.07 Å². The highest BCUT2D eigenvalue weighted by molar-refractivity contribution is 5.34. The van der Waals surface area contributed by atoms with Gasteiger partial charge in [0.05, 0.1) is 6.61 Å². The highest BCUT2D eigenvalue weighted by Crippen LogP contribution is 2.23. The van der Waals surface area contributed by atoms with E-state index in [2.05, 4.69) is 26.1 Å². The maximum absolute atomic E-state index is 13.8. The molecule has 0 saturated heterocycles. The minimum Gasteiger partial charge on any atom is -0.490 e. The van der Waals surface area contributed by atoms with Gasteiger partial charge in [-0.25, -0.2) is 4.39 Å². The second kappa shape index (κ2) is 8.09. The third kappa shape index (κ3) is 4.65. The van der Waals surface area contributed by atoms with Gasteiger partial charge in [-0.05, 0) is 24.9 Å². The summed E-state index contributed by atoms with van der Waals surface area (Å²) in [6.07, 6.45) is 2.11. The van der Waals surface area contributed by atoms with Crippen molar-refractivity contribution in [3.63, 3.8) is 0 Å². The quantitative estimate of drug-likeness (QED) is 0.712. The van der Waals surface area contributed by atoms with Gasteiger partial charge < -0.3 is 10.1 Å². The highest BCUT2D eigenvalue weighted by Gasteiger charge is 2.10. The first kappa shape index (κ1) is 15.0. The topological polar surface area (TPSA) is 21.3 Å². The standard InChI is InChI=1S/C15H24FNO/c1-4-9-17-10-13-7-6-8-14(16)15(13)18-11-12(3)5-2/h6-8,12,17H,4-5,9-11H2,1-3H3. The number of nitrogens with one attached hydrogen (secondary N) is 1. The van der Waals surface area contributed by atoms with Crippen molar-refractivity contribution in [1.29, 1.82) is 0 Å². The van der Waals surface area contributed by atoms with Crippen LogP contribution in [0.15, 0.2) is 18.2 Å². The van der Waals surface area contributed by atoms with E-state index in [-0.39, 0.29) is 5.82 Å². The van der Waals surface area contributed by atoms with Crippen molar-refractivity contribution in [3.8, 4) is 5.75 Å². The summed E-state index contributed by atoms with van der Waals surface area (Å²) >= 11 is 0. The Morgan fingerprint density at radius 1 is 1.33 bits per heavy atom. The molecular weight excluding hydrogens is 229 g/mol. The lowest BCUT2D eigenvalue weighted by Crippen LogP contribution is -2.16. The van der Waals surface area contributed by atoms with Gasteiger partial charge in [0.25, 0.3) is 0 Å². The van der Waals surface area contributed by atoms with Gasteiger partial charge in [-0.1, -0.05) is 39.3 Å². The van der Waals surface area contributed by atoms with Gasteiger partial charge in [-0.3, -0.25) is 0 Å². The minimum absolute atomic E-state index is 0.269. The average molecular weight is 253 g/mol. The van der Waals surface area contributed by atoms with E-state index in [4.69, 9.17) is 4.74 Å². The Labute approximate surface area is 110 Å². The highest BCUT2D eigenvalue weighted by atomic mass is 19.1. The van der Waals surface area contributed by atoms with Gasteiger partial charge in [0.1, 0.15) is 0 Å². The van der Waals surface area contributed by atoms with E-state index in [0.717, 1.165) is 24.9 Å². The molecule has 1 aromatic carbocycles. The summed E-state index contributed by atoms with van der Waals surface area (Å²) in [4.78, 5) is 0. The van der Waals surface area contributed by atoms with Crippen LogP contribution in [0.25, 0.3) is 0 Å². The molecule has 0 fully saturated rings. The number of benzene rings is 1. The smallest absolute Gasteiger partial charge is 0.165 e. The fourth-order valence-electron chi connectivity index (χ4n) is 1.60. The zero-order valence-corrected chi connectivity index (χ0v) is 11.6. The van der Waals surface area contributed by atoms with E-state index >= 15 is 0 Å². The molecule has 0 radical (unpaired) electrons. The number of hydrogen-bond acceptors (Lipinski definition) is 2. The lowest BCUT2D eigenvalue weighted by molar-refractivity contribution is 0.243. The molecule has 0 amide bonds. The van der Waals surface area contributed by atoms with Crippen LogP contribution in [0.4, 0.5) is 4.39 Å². The molecule has 0 saturated carbocycles. The summed E-state index contributed by atoms with van der Waals surface area (Å²) in [7, 11) is 0. The van der Waals surface area contributed by atoms with Crippen molar-refractivity contribution in [3.05, 3.63) is 29.6 Å². The molecule has 0 bridgehead atoms. The molecule has 1 unspecified atom stereocenters. The Morgan fingerprint density at radius 2 is 2.11 bits per heavy atom. The predicted molar refractivity (Wildman–Crippen MR) is 73.3 cm³/mol. The zero-order chi connectivity index (χ0) is 13.4. The van der Waals surface area contributed by atoms with Gasteiger partial charge in [0.2, 0.25) is 0 Å². The van der Waals surface area contributed by atoms with Crippen LogP contribution in [0.2, 0.25) is 0 Å². The van der Waals surface area contributed by atoms with Gasteiger partial charge in [0.15, 0.2) is 11.6 Å². The Kier molecular flexibility index (Phi) is 6.73. The van der Waals surface area contributed by atoms with E-state index in [1.54, 1.807) is 6.07 Å². The third-order valence-corrected chi connectivity index (χ3v) is 3.00. The summed E-state index contributed by atoms with van der Waals surface area (Å²) in [5, 5.41) is 3.27. The summed E-state index contributed by atoms with van der Waals surface area (Å²) < 4.78 is 19.4. The van der Waals surface area contributed by atoms with Crippen molar-refractivity contribution >= 4 is 0 Å². The summed E-state index contributed by atoms with van der Waals surface area (Å²) in [5.74, 6) is 0.580. The van der Waals surface area contributed by atoms with E-state index in [0.29, 0.717) is 24.8 Å². The lowest BCUT2D eigenvalue weighted by Gasteiger charge is -2.15. The first-order valence-corrected chi connectivity index (χ1v) is 6.79. The molecule has 2 nitrogen and oxygen atoms in total. The lowest BCUT2D eigenvalue weighted by atomic mass is 10.1. The summed E-state index contributed by atoms with van der Waals surface area (Å²) in [6.45, 7) is 8.48. The normalized spacial score (nSPS) is 12.4. The Hall–Kier alpha value is -1.09. The SMILES string of the molecule is CCCNCc1cccc(F)c1OCC(C)CC. The molecule has 0 aliphatic heterocycles. The first-order valence-electron chi connectivity index (χ1n) is 6.79. The minimum atomic E-state index is -0.269.